The number of hydrogen-bond acceptors (Lipinski definition) is 4. The zero-order valence-electron chi connectivity index (χ0n) is 13.8. The van der Waals surface area contributed by atoms with Gasteiger partial charge in [0, 0.05) is 0 Å². The first-order valence-electron chi connectivity index (χ1n) is 7.34. The van der Waals surface area contributed by atoms with Crippen molar-refractivity contribution in [2.75, 3.05) is 0 Å². The van der Waals surface area contributed by atoms with Crippen molar-refractivity contribution >= 4 is 26.4 Å². The van der Waals surface area contributed by atoms with Gasteiger partial charge in [0.1, 0.15) is 11.5 Å². The van der Waals surface area contributed by atoms with Crippen LogP contribution in [0, 0.1) is 0 Å². The second-order valence-electron chi connectivity index (χ2n) is 6.98. The Morgan fingerprint density at radius 3 is 1.91 bits per heavy atom. The molecular weight excluding hydrogens is 295 g/mol. The van der Waals surface area contributed by atoms with E-state index in [1.54, 1.807) is 12.1 Å². The second kappa shape index (κ2) is 5.95. The van der Waals surface area contributed by atoms with E-state index in [4.69, 9.17) is 19.1 Å². The van der Waals surface area contributed by atoms with Gasteiger partial charge < -0.3 is 19.1 Å². The molecule has 6 heteroatoms. The molecule has 118 valence electrons. The Balaban J connectivity index is 2.28. The number of hydrogen-bond donors (Lipinski definition) is 2. The van der Waals surface area contributed by atoms with Gasteiger partial charge >= 0.3 is 7.32 Å². The molecule has 0 fully saturated rings. The molecule has 0 aromatic heterocycles. The van der Waals surface area contributed by atoms with Crippen LogP contribution in [0.3, 0.4) is 0 Å². The molecule has 0 aliphatic heterocycles. The molecule has 0 bridgehead atoms. The van der Waals surface area contributed by atoms with Gasteiger partial charge in [0.15, 0.2) is 0 Å². The summed E-state index contributed by atoms with van der Waals surface area (Å²) in [6, 6.07) is 11.3. The summed E-state index contributed by atoms with van der Waals surface area (Å²) in [6.45, 7) is 11.1. The van der Waals surface area contributed by atoms with Crippen LogP contribution in [0.4, 0.5) is 0 Å². The quantitative estimate of drug-likeness (QED) is 0.846. The highest BCUT2D eigenvalue weighted by Gasteiger charge is 2.38. The minimum atomic E-state index is -1.86. The normalized spacial score (nSPS) is 12.3. The van der Waals surface area contributed by atoms with Gasteiger partial charge in [-0.05, 0) is 53.2 Å². The van der Waals surface area contributed by atoms with Gasteiger partial charge in [0.05, 0.1) is 0 Å². The van der Waals surface area contributed by atoms with Crippen LogP contribution in [0.1, 0.15) is 20.8 Å². The Hall–Kier alpha value is -1.50. The molecule has 0 heterocycles. The summed E-state index contributed by atoms with van der Waals surface area (Å²) >= 11 is 0. The lowest BCUT2D eigenvalue weighted by atomic mass is 10.1. The minimum Gasteiger partial charge on any atom is -0.543 e. The van der Waals surface area contributed by atoms with Crippen molar-refractivity contribution in [1.82, 2.24) is 0 Å². The summed E-state index contributed by atoms with van der Waals surface area (Å²) in [7, 11) is -3.66. The van der Waals surface area contributed by atoms with E-state index < -0.39 is 15.6 Å². The van der Waals surface area contributed by atoms with Gasteiger partial charge in [0.25, 0.3) is 0 Å². The van der Waals surface area contributed by atoms with E-state index in [0.29, 0.717) is 5.75 Å². The highest BCUT2D eigenvalue weighted by molar-refractivity contribution is 6.74. The first kappa shape index (κ1) is 16.9. The molecule has 0 atom stereocenters. The van der Waals surface area contributed by atoms with Crippen LogP contribution in [0.2, 0.25) is 18.1 Å². The molecule has 0 spiro atoms. The second-order valence-corrected chi connectivity index (χ2v) is 11.7. The van der Waals surface area contributed by atoms with Crippen molar-refractivity contribution in [2.24, 2.45) is 0 Å². The van der Waals surface area contributed by atoms with Crippen molar-refractivity contribution in [1.29, 1.82) is 0 Å². The molecule has 0 saturated carbocycles. The Morgan fingerprint density at radius 2 is 1.41 bits per heavy atom. The van der Waals surface area contributed by atoms with E-state index in [2.05, 4.69) is 33.9 Å². The predicted molar refractivity (Wildman–Crippen MR) is 92.6 cm³/mol. The maximum Gasteiger partial charge on any atom is 0.707 e. The largest absolute Gasteiger partial charge is 0.707 e. The molecule has 2 aromatic rings. The first-order valence-corrected chi connectivity index (χ1v) is 10.2. The lowest BCUT2D eigenvalue weighted by molar-refractivity contribution is 0.288. The van der Waals surface area contributed by atoms with E-state index >= 15 is 0 Å². The van der Waals surface area contributed by atoms with Crippen LogP contribution in [-0.2, 0) is 0 Å². The molecular formula is C16H23BO4Si. The summed E-state index contributed by atoms with van der Waals surface area (Å²) in [6.07, 6.45) is 0. The number of rotatable bonds is 4. The number of fused-ring (bicyclic) bond motifs is 1. The van der Waals surface area contributed by atoms with Crippen molar-refractivity contribution in [2.45, 2.75) is 38.9 Å². The highest BCUT2D eigenvalue weighted by atomic mass is 28.4. The SMILES string of the molecule is CC(C)(C)[Si](C)(C)Oc1ccc2cc(OB(O)O)ccc2c1. The molecule has 0 saturated heterocycles. The third kappa shape index (κ3) is 3.82. The fourth-order valence-corrected chi connectivity index (χ4v) is 2.93. The molecule has 22 heavy (non-hydrogen) atoms. The standard InChI is InChI=1S/C16H23BO4Si/c1-16(2,3)22(4,5)21-15-9-7-12-10-14(20-17(18)19)8-6-13(12)11-15/h6-11,18-19H,1-5H3. The monoisotopic (exact) mass is 318 g/mol. The van der Waals surface area contributed by atoms with Gasteiger partial charge in [-0.3, -0.25) is 0 Å². The lowest BCUT2D eigenvalue weighted by Crippen LogP contribution is -2.43. The zero-order valence-corrected chi connectivity index (χ0v) is 14.8. The molecule has 0 amide bonds. The summed E-state index contributed by atoms with van der Waals surface area (Å²) < 4.78 is 11.2. The maximum atomic E-state index is 8.84. The van der Waals surface area contributed by atoms with Gasteiger partial charge in [-0.1, -0.05) is 32.9 Å². The van der Waals surface area contributed by atoms with Crippen LogP contribution < -0.4 is 9.08 Å². The summed E-state index contributed by atoms with van der Waals surface area (Å²) in [5.74, 6) is 1.29. The third-order valence-electron chi connectivity index (χ3n) is 4.20. The minimum absolute atomic E-state index is 0.150. The average molecular weight is 318 g/mol. The van der Waals surface area contributed by atoms with E-state index in [-0.39, 0.29) is 5.04 Å². The Kier molecular flexibility index (Phi) is 4.56. The van der Waals surface area contributed by atoms with Gasteiger partial charge in [0.2, 0.25) is 8.32 Å². The highest BCUT2D eigenvalue weighted by Crippen LogP contribution is 2.38. The van der Waals surface area contributed by atoms with Gasteiger partial charge in [-0.25, -0.2) is 0 Å². The average Bonchev–Trinajstić information content (AvgIpc) is 2.36. The van der Waals surface area contributed by atoms with Crippen molar-refractivity contribution in [3.8, 4) is 11.5 Å². The molecule has 0 unspecified atom stereocenters. The number of benzene rings is 2. The molecule has 0 aliphatic carbocycles. The topological polar surface area (TPSA) is 58.9 Å². The molecule has 2 N–H and O–H groups in total. The summed E-state index contributed by atoms with van der Waals surface area (Å²) in [4.78, 5) is 0. The van der Waals surface area contributed by atoms with E-state index in [0.717, 1.165) is 16.5 Å². The summed E-state index contributed by atoms with van der Waals surface area (Å²) in [5.41, 5.74) is 0. The first-order chi connectivity index (χ1) is 10.1. The van der Waals surface area contributed by atoms with Crippen LogP contribution >= 0.6 is 0 Å². The fourth-order valence-electron chi connectivity index (χ4n) is 1.91. The van der Waals surface area contributed by atoms with Crippen LogP contribution in [0.15, 0.2) is 36.4 Å². The molecule has 2 aromatic carbocycles. The summed E-state index contributed by atoms with van der Waals surface area (Å²) in [5, 5.41) is 19.8. The Bertz CT molecular complexity index is 665. The molecule has 4 nitrogen and oxygen atoms in total. The Morgan fingerprint density at radius 1 is 0.909 bits per heavy atom. The van der Waals surface area contributed by atoms with Crippen molar-refractivity contribution in [3.63, 3.8) is 0 Å². The van der Waals surface area contributed by atoms with Crippen LogP contribution in [0.25, 0.3) is 10.8 Å². The van der Waals surface area contributed by atoms with Crippen LogP contribution in [0.5, 0.6) is 11.5 Å². The molecule has 2 rings (SSSR count). The molecule has 0 radical (unpaired) electrons. The third-order valence-corrected chi connectivity index (χ3v) is 8.56. The van der Waals surface area contributed by atoms with Crippen LogP contribution in [-0.4, -0.2) is 25.7 Å². The van der Waals surface area contributed by atoms with Crippen molar-refractivity contribution < 1.29 is 19.1 Å². The fraction of sp³-hybridized carbons (Fsp3) is 0.375. The van der Waals surface area contributed by atoms with Gasteiger partial charge in [-0.15, -0.1) is 0 Å². The van der Waals surface area contributed by atoms with E-state index in [9.17, 15) is 0 Å². The molecule has 0 aliphatic rings. The zero-order chi connectivity index (χ0) is 16.5. The smallest absolute Gasteiger partial charge is 0.543 e. The van der Waals surface area contributed by atoms with Crippen molar-refractivity contribution in [3.05, 3.63) is 36.4 Å². The van der Waals surface area contributed by atoms with Gasteiger partial charge in [-0.2, -0.15) is 0 Å². The van der Waals surface area contributed by atoms with E-state index in [1.807, 2.05) is 24.3 Å². The van der Waals surface area contributed by atoms with E-state index in [1.165, 1.54) is 0 Å². The maximum absolute atomic E-state index is 8.84. The Labute approximate surface area is 133 Å². The lowest BCUT2D eigenvalue weighted by Gasteiger charge is -2.36. The predicted octanol–water partition coefficient (Wildman–Crippen LogP) is 3.57.